The summed E-state index contributed by atoms with van der Waals surface area (Å²) in [6.45, 7) is 1.46. The van der Waals surface area contributed by atoms with Gasteiger partial charge in [0, 0.05) is 19.0 Å². The summed E-state index contributed by atoms with van der Waals surface area (Å²) in [6, 6.07) is 5.65. The van der Waals surface area contributed by atoms with Crippen molar-refractivity contribution in [2.45, 2.75) is 39.0 Å². The molecule has 116 valence electrons. The monoisotopic (exact) mass is 317 g/mol. The summed E-state index contributed by atoms with van der Waals surface area (Å²) in [5, 5.41) is 6.21. The van der Waals surface area contributed by atoms with Gasteiger partial charge in [-0.05, 0) is 37.0 Å². The number of carbonyl (C=O) groups is 2. The molecule has 0 unspecified atom stereocenters. The maximum atomic E-state index is 12.1. The molecule has 5 nitrogen and oxygen atoms in total. The first-order chi connectivity index (χ1) is 10.6. The van der Waals surface area contributed by atoms with Crippen LogP contribution in [0.25, 0.3) is 10.2 Å². The van der Waals surface area contributed by atoms with Crippen molar-refractivity contribution in [1.82, 2.24) is 4.98 Å². The largest absolute Gasteiger partial charge is 0.326 e. The summed E-state index contributed by atoms with van der Waals surface area (Å²) in [7, 11) is 0. The van der Waals surface area contributed by atoms with Crippen molar-refractivity contribution in [3.8, 4) is 0 Å². The Morgan fingerprint density at radius 1 is 1.27 bits per heavy atom. The number of fused-ring (bicyclic) bond motifs is 1. The van der Waals surface area contributed by atoms with Gasteiger partial charge in [0.15, 0.2) is 5.13 Å². The fourth-order valence-corrected chi connectivity index (χ4v) is 3.79. The van der Waals surface area contributed by atoms with Crippen LogP contribution in [0.3, 0.4) is 0 Å². The van der Waals surface area contributed by atoms with Crippen molar-refractivity contribution in [2.24, 2.45) is 5.92 Å². The van der Waals surface area contributed by atoms with Gasteiger partial charge in [-0.2, -0.15) is 0 Å². The van der Waals surface area contributed by atoms with E-state index >= 15 is 0 Å². The molecule has 0 saturated heterocycles. The van der Waals surface area contributed by atoms with Gasteiger partial charge in [0.25, 0.3) is 0 Å². The summed E-state index contributed by atoms with van der Waals surface area (Å²) >= 11 is 1.42. The molecule has 1 aliphatic rings. The maximum absolute atomic E-state index is 12.1. The standard InChI is InChI=1S/C16H19N3O2S/c1-10(20)17-16-19-13-9-12(6-7-14(13)22-16)18-15(21)8-11-4-2-3-5-11/h6-7,9,11H,2-5,8H2,1H3,(H,18,21)(H,17,19,20). The fraction of sp³-hybridized carbons (Fsp3) is 0.438. The Kier molecular flexibility index (Phi) is 4.38. The Labute approximate surface area is 133 Å². The normalized spacial score (nSPS) is 15.1. The molecular formula is C16H19N3O2S. The van der Waals surface area contributed by atoms with Crippen LogP contribution < -0.4 is 10.6 Å². The van der Waals surface area contributed by atoms with E-state index in [1.165, 1.54) is 43.9 Å². The molecule has 1 aliphatic carbocycles. The predicted octanol–water partition coefficient (Wildman–Crippen LogP) is 3.77. The van der Waals surface area contributed by atoms with E-state index in [4.69, 9.17) is 0 Å². The lowest BCUT2D eigenvalue weighted by Gasteiger charge is -2.09. The van der Waals surface area contributed by atoms with Crippen LogP contribution in [0.4, 0.5) is 10.8 Å². The van der Waals surface area contributed by atoms with Crippen LogP contribution in [0.15, 0.2) is 18.2 Å². The van der Waals surface area contributed by atoms with Crippen LogP contribution in [0.2, 0.25) is 0 Å². The third-order valence-corrected chi connectivity index (χ3v) is 4.85. The number of benzene rings is 1. The second-order valence-corrected chi connectivity index (χ2v) is 6.82. The minimum absolute atomic E-state index is 0.0727. The van der Waals surface area contributed by atoms with Gasteiger partial charge in [0.05, 0.1) is 10.2 Å². The highest BCUT2D eigenvalue weighted by Crippen LogP contribution is 2.30. The highest BCUT2D eigenvalue weighted by atomic mass is 32.1. The van der Waals surface area contributed by atoms with Crippen LogP contribution in [-0.4, -0.2) is 16.8 Å². The molecule has 0 aliphatic heterocycles. The highest BCUT2D eigenvalue weighted by Gasteiger charge is 2.18. The van der Waals surface area contributed by atoms with Crippen molar-refractivity contribution in [3.05, 3.63) is 18.2 Å². The smallest absolute Gasteiger partial charge is 0.224 e. The topological polar surface area (TPSA) is 71.1 Å². The number of hydrogen-bond acceptors (Lipinski definition) is 4. The molecule has 0 atom stereocenters. The molecule has 6 heteroatoms. The second-order valence-electron chi connectivity index (χ2n) is 5.79. The van der Waals surface area contributed by atoms with Crippen molar-refractivity contribution in [2.75, 3.05) is 10.6 Å². The van der Waals surface area contributed by atoms with Gasteiger partial charge in [-0.25, -0.2) is 4.98 Å². The molecule has 2 N–H and O–H groups in total. The first-order valence-corrected chi connectivity index (χ1v) is 8.40. The average molecular weight is 317 g/mol. The Morgan fingerprint density at radius 2 is 2.05 bits per heavy atom. The first kappa shape index (κ1) is 15.0. The third kappa shape index (κ3) is 3.62. The Hall–Kier alpha value is -1.95. The summed E-state index contributed by atoms with van der Waals surface area (Å²) in [5.41, 5.74) is 1.54. The lowest BCUT2D eigenvalue weighted by Crippen LogP contribution is -2.14. The van der Waals surface area contributed by atoms with E-state index in [1.54, 1.807) is 0 Å². The van der Waals surface area contributed by atoms with E-state index in [0.29, 0.717) is 17.5 Å². The predicted molar refractivity (Wildman–Crippen MR) is 89.1 cm³/mol. The molecule has 3 rings (SSSR count). The summed E-state index contributed by atoms with van der Waals surface area (Å²) in [5.74, 6) is 0.474. The van der Waals surface area contributed by atoms with Crippen molar-refractivity contribution >= 4 is 44.2 Å². The number of carbonyl (C=O) groups excluding carboxylic acids is 2. The van der Waals surface area contributed by atoms with E-state index in [1.807, 2.05) is 18.2 Å². The van der Waals surface area contributed by atoms with Gasteiger partial charge in [0.2, 0.25) is 11.8 Å². The van der Waals surface area contributed by atoms with E-state index in [9.17, 15) is 9.59 Å². The van der Waals surface area contributed by atoms with Crippen LogP contribution in [-0.2, 0) is 9.59 Å². The van der Waals surface area contributed by atoms with Gasteiger partial charge in [-0.1, -0.05) is 24.2 Å². The third-order valence-electron chi connectivity index (χ3n) is 3.90. The minimum Gasteiger partial charge on any atom is -0.326 e. The molecule has 1 saturated carbocycles. The fourth-order valence-electron chi connectivity index (χ4n) is 2.90. The van der Waals surface area contributed by atoms with Crippen LogP contribution in [0.1, 0.15) is 39.0 Å². The lowest BCUT2D eigenvalue weighted by atomic mass is 10.0. The summed E-state index contributed by atoms with van der Waals surface area (Å²) < 4.78 is 0.984. The maximum Gasteiger partial charge on any atom is 0.224 e. The van der Waals surface area contributed by atoms with Gasteiger partial charge in [-0.15, -0.1) is 0 Å². The minimum atomic E-state index is -0.135. The van der Waals surface area contributed by atoms with E-state index < -0.39 is 0 Å². The molecule has 1 fully saturated rings. The number of nitrogens with one attached hydrogen (secondary N) is 2. The Bertz CT molecular complexity index is 704. The highest BCUT2D eigenvalue weighted by molar-refractivity contribution is 7.22. The van der Waals surface area contributed by atoms with Gasteiger partial charge in [-0.3, -0.25) is 9.59 Å². The number of aromatic nitrogens is 1. The van der Waals surface area contributed by atoms with E-state index in [0.717, 1.165) is 15.9 Å². The van der Waals surface area contributed by atoms with Crippen molar-refractivity contribution in [3.63, 3.8) is 0 Å². The van der Waals surface area contributed by atoms with E-state index in [-0.39, 0.29) is 11.8 Å². The summed E-state index contributed by atoms with van der Waals surface area (Å²) in [4.78, 5) is 27.5. The zero-order chi connectivity index (χ0) is 15.5. The van der Waals surface area contributed by atoms with Gasteiger partial charge < -0.3 is 10.6 Å². The molecule has 1 aromatic carbocycles. The molecule has 0 bridgehead atoms. The summed E-state index contributed by atoms with van der Waals surface area (Å²) in [6.07, 6.45) is 5.42. The zero-order valence-corrected chi connectivity index (χ0v) is 13.3. The molecule has 1 aromatic heterocycles. The quantitative estimate of drug-likeness (QED) is 0.901. The van der Waals surface area contributed by atoms with E-state index in [2.05, 4.69) is 15.6 Å². The molecule has 2 aromatic rings. The molecular weight excluding hydrogens is 298 g/mol. The van der Waals surface area contributed by atoms with Crippen LogP contribution in [0.5, 0.6) is 0 Å². The van der Waals surface area contributed by atoms with Gasteiger partial charge >= 0.3 is 0 Å². The van der Waals surface area contributed by atoms with Gasteiger partial charge in [0.1, 0.15) is 0 Å². The number of rotatable bonds is 4. The molecule has 0 spiro atoms. The SMILES string of the molecule is CC(=O)Nc1nc2cc(NC(=O)CC3CCCC3)ccc2s1. The Morgan fingerprint density at radius 3 is 2.77 bits per heavy atom. The molecule has 0 radical (unpaired) electrons. The number of anilines is 2. The zero-order valence-electron chi connectivity index (χ0n) is 12.5. The first-order valence-electron chi connectivity index (χ1n) is 7.58. The molecule has 2 amide bonds. The number of nitrogens with zero attached hydrogens (tertiary/aromatic N) is 1. The Balaban J connectivity index is 1.68. The number of amides is 2. The average Bonchev–Trinajstić information content (AvgIpc) is 3.06. The number of hydrogen-bond donors (Lipinski definition) is 2. The van der Waals surface area contributed by atoms with Crippen LogP contribution >= 0.6 is 11.3 Å². The van der Waals surface area contributed by atoms with Crippen molar-refractivity contribution in [1.29, 1.82) is 0 Å². The second kappa shape index (κ2) is 6.44. The molecule has 22 heavy (non-hydrogen) atoms. The van der Waals surface area contributed by atoms with Crippen LogP contribution in [0, 0.1) is 5.92 Å². The van der Waals surface area contributed by atoms with Crippen molar-refractivity contribution < 1.29 is 9.59 Å². The number of thiazole rings is 1. The lowest BCUT2D eigenvalue weighted by molar-refractivity contribution is -0.117. The molecule has 1 heterocycles.